The number of carbonyl (C=O) groups excluding carboxylic acids is 1. The Kier molecular flexibility index (Phi) is 8.92. The zero-order valence-corrected chi connectivity index (χ0v) is 21.4. The van der Waals surface area contributed by atoms with Crippen LogP contribution >= 0.6 is 35.5 Å². The molecule has 4 rings (SSSR count). The molecule has 1 amide bonds. The average Bonchev–Trinajstić information content (AvgIpc) is 3.23. The fraction of sp³-hybridized carbons (Fsp3) is 0.231. The third-order valence-electron chi connectivity index (χ3n) is 5.36. The van der Waals surface area contributed by atoms with Gasteiger partial charge in [0.15, 0.2) is 5.13 Å². The zero-order valence-electron chi connectivity index (χ0n) is 19.0. The van der Waals surface area contributed by atoms with Gasteiger partial charge in [-0.1, -0.05) is 72.0 Å². The van der Waals surface area contributed by atoms with E-state index in [-0.39, 0.29) is 24.2 Å². The average molecular weight is 498 g/mol. The van der Waals surface area contributed by atoms with Gasteiger partial charge in [-0.15, -0.1) is 24.2 Å². The van der Waals surface area contributed by atoms with Crippen LogP contribution in [0.4, 0.5) is 5.13 Å². The Morgan fingerprint density at radius 3 is 2.09 bits per heavy atom. The van der Waals surface area contributed by atoms with Crippen LogP contribution in [0.5, 0.6) is 0 Å². The first kappa shape index (κ1) is 25.2. The number of carbonyl (C=O) groups is 1. The molecule has 0 fully saturated rings. The highest BCUT2D eigenvalue weighted by Crippen LogP contribution is 2.34. The minimum atomic E-state index is -0.381. The van der Waals surface area contributed by atoms with Gasteiger partial charge in [-0.05, 0) is 49.7 Å². The molecule has 0 bridgehead atoms. The van der Waals surface area contributed by atoms with Crippen molar-refractivity contribution >= 4 is 56.8 Å². The highest BCUT2D eigenvalue weighted by atomic mass is 35.5. The van der Waals surface area contributed by atoms with Crippen molar-refractivity contribution in [3.8, 4) is 0 Å². The predicted molar refractivity (Wildman–Crippen MR) is 144 cm³/mol. The lowest BCUT2D eigenvalue weighted by Gasteiger charge is -2.27. The molecule has 172 valence electrons. The molecule has 0 atom stereocenters. The van der Waals surface area contributed by atoms with Crippen LogP contribution in [-0.2, 0) is 4.79 Å². The number of anilines is 1. The quantitative estimate of drug-likeness (QED) is 0.273. The van der Waals surface area contributed by atoms with Crippen LogP contribution in [-0.4, -0.2) is 49.2 Å². The van der Waals surface area contributed by atoms with E-state index in [1.54, 1.807) is 23.1 Å². The predicted octanol–water partition coefficient (Wildman–Crippen LogP) is 6.17. The number of rotatable bonds is 8. The van der Waals surface area contributed by atoms with Gasteiger partial charge in [-0.2, -0.15) is 0 Å². The van der Waals surface area contributed by atoms with Gasteiger partial charge in [0.1, 0.15) is 0 Å². The molecule has 0 N–H and O–H groups in total. The first-order valence-corrected chi connectivity index (χ1v) is 12.6. The van der Waals surface area contributed by atoms with Gasteiger partial charge in [0.05, 0.1) is 16.1 Å². The molecule has 0 radical (unpaired) electrons. The highest BCUT2D eigenvalue weighted by Gasteiger charge is 2.30. The second-order valence-corrected chi connectivity index (χ2v) is 9.77. The van der Waals surface area contributed by atoms with Crippen molar-refractivity contribution in [2.45, 2.75) is 10.8 Å². The summed E-state index contributed by atoms with van der Waals surface area (Å²) in [5.41, 5.74) is 2.91. The van der Waals surface area contributed by atoms with Crippen LogP contribution in [0.1, 0.15) is 17.0 Å². The summed E-state index contributed by atoms with van der Waals surface area (Å²) in [4.78, 5) is 24.1. The first-order valence-electron chi connectivity index (χ1n) is 10.6. The molecule has 1 aromatic heterocycles. The van der Waals surface area contributed by atoms with Crippen LogP contribution in [0.15, 0.2) is 83.8 Å². The topological polar surface area (TPSA) is 36.4 Å². The summed E-state index contributed by atoms with van der Waals surface area (Å²) in [5.74, 6) is -0.332. The van der Waals surface area contributed by atoms with Gasteiger partial charge in [0.2, 0.25) is 5.91 Å². The summed E-state index contributed by atoms with van der Waals surface area (Å²) in [7, 11) is 4.05. The van der Waals surface area contributed by atoms with E-state index in [2.05, 4.69) is 23.3 Å². The second kappa shape index (κ2) is 11.7. The number of likely N-dealkylation sites (N-methyl/N-ethyl adjacent to an activating group) is 1. The summed E-state index contributed by atoms with van der Waals surface area (Å²) in [6.07, 6.45) is 2.07. The number of hydrogen-bond donors (Lipinski definition) is 0. The van der Waals surface area contributed by atoms with E-state index in [0.29, 0.717) is 6.54 Å². The van der Waals surface area contributed by atoms with Crippen LogP contribution in [0, 0.1) is 0 Å². The summed E-state index contributed by atoms with van der Waals surface area (Å²) < 4.78 is 1.10. The molecule has 0 aliphatic carbocycles. The lowest BCUT2D eigenvalue weighted by Crippen LogP contribution is -2.40. The molecule has 7 heteroatoms. The van der Waals surface area contributed by atoms with Crippen molar-refractivity contribution in [2.75, 3.05) is 38.3 Å². The van der Waals surface area contributed by atoms with Crippen molar-refractivity contribution in [2.24, 2.45) is 0 Å². The number of benzene rings is 3. The second-order valence-electron chi connectivity index (χ2n) is 7.88. The maximum absolute atomic E-state index is 14.1. The smallest absolute Gasteiger partial charge is 0.240 e. The number of thioether (sulfide) groups is 1. The summed E-state index contributed by atoms with van der Waals surface area (Å²) in [6.45, 7) is 1.34. The largest absolute Gasteiger partial charge is 0.308 e. The SMILES string of the molecule is CSc1ccc2nc(N(CCN(C)C)C(=O)C(c3ccccc3)c3ccccc3)sc2c1.Cl. The van der Waals surface area contributed by atoms with Crippen LogP contribution < -0.4 is 4.90 Å². The van der Waals surface area contributed by atoms with Crippen LogP contribution in [0.2, 0.25) is 0 Å². The maximum Gasteiger partial charge on any atom is 0.240 e. The molecule has 4 aromatic rings. The number of nitrogens with zero attached hydrogens (tertiary/aromatic N) is 3. The minimum Gasteiger partial charge on any atom is -0.308 e. The van der Waals surface area contributed by atoms with Crippen molar-refractivity contribution in [1.82, 2.24) is 9.88 Å². The zero-order chi connectivity index (χ0) is 22.5. The molecule has 1 heterocycles. The third-order valence-corrected chi connectivity index (χ3v) is 7.13. The molecule has 0 aliphatic heterocycles. The van der Waals surface area contributed by atoms with Gasteiger partial charge in [-0.25, -0.2) is 4.98 Å². The standard InChI is InChI=1S/C26H27N3OS2.ClH/c1-28(2)16-17-29(26-27-22-15-14-21(31-3)18-23(22)32-26)25(30)24(19-10-6-4-7-11-19)20-12-8-5-9-13-20;/h4-15,18,24H,16-17H2,1-3H3;1H. The van der Waals surface area contributed by atoms with Gasteiger partial charge < -0.3 is 4.90 Å². The Morgan fingerprint density at radius 2 is 1.55 bits per heavy atom. The molecule has 33 heavy (non-hydrogen) atoms. The van der Waals surface area contributed by atoms with Crippen LogP contribution in [0.3, 0.4) is 0 Å². The Bertz CT molecular complexity index is 1140. The monoisotopic (exact) mass is 497 g/mol. The molecule has 0 saturated heterocycles. The fourth-order valence-corrected chi connectivity index (χ4v) is 5.21. The molecular formula is C26H28ClN3OS2. The summed E-state index contributed by atoms with van der Waals surface area (Å²) >= 11 is 3.30. The minimum absolute atomic E-state index is 0. The Balaban J connectivity index is 0.00000306. The van der Waals surface area contributed by atoms with E-state index in [9.17, 15) is 4.79 Å². The van der Waals surface area contributed by atoms with Crippen molar-refractivity contribution in [1.29, 1.82) is 0 Å². The number of hydrogen-bond acceptors (Lipinski definition) is 5. The van der Waals surface area contributed by atoms with Gasteiger partial charge >= 0.3 is 0 Å². The van der Waals surface area contributed by atoms with E-state index in [4.69, 9.17) is 4.98 Å². The van der Waals surface area contributed by atoms with Gasteiger partial charge in [0.25, 0.3) is 0 Å². The van der Waals surface area contributed by atoms with E-state index < -0.39 is 0 Å². The van der Waals surface area contributed by atoms with Crippen molar-refractivity contribution < 1.29 is 4.79 Å². The van der Waals surface area contributed by atoms with E-state index in [1.165, 1.54) is 4.90 Å². The fourth-order valence-electron chi connectivity index (χ4n) is 3.66. The van der Waals surface area contributed by atoms with E-state index >= 15 is 0 Å². The van der Waals surface area contributed by atoms with Gasteiger partial charge in [0, 0.05) is 18.0 Å². The molecule has 3 aromatic carbocycles. The Hall–Kier alpha value is -2.38. The third kappa shape index (κ3) is 5.95. The molecule has 0 spiro atoms. The number of fused-ring (bicyclic) bond motifs is 1. The van der Waals surface area contributed by atoms with E-state index in [0.717, 1.165) is 33.0 Å². The molecular weight excluding hydrogens is 470 g/mol. The summed E-state index contributed by atoms with van der Waals surface area (Å²) in [6, 6.07) is 26.3. The lowest BCUT2D eigenvalue weighted by molar-refractivity contribution is -0.119. The maximum atomic E-state index is 14.1. The first-order chi connectivity index (χ1) is 15.6. The lowest BCUT2D eigenvalue weighted by atomic mass is 9.90. The normalized spacial score (nSPS) is 11.1. The number of halogens is 1. The van der Waals surface area contributed by atoms with Crippen molar-refractivity contribution in [3.05, 3.63) is 90.0 Å². The van der Waals surface area contributed by atoms with Crippen molar-refractivity contribution in [3.63, 3.8) is 0 Å². The van der Waals surface area contributed by atoms with Gasteiger partial charge in [-0.3, -0.25) is 9.69 Å². The Labute approximate surface area is 210 Å². The summed E-state index contributed by atoms with van der Waals surface area (Å²) in [5, 5.41) is 0.752. The highest BCUT2D eigenvalue weighted by molar-refractivity contribution is 7.98. The molecule has 0 saturated carbocycles. The molecule has 4 nitrogen and oxygen atoms in total. The number of amides is 1. The van der Waals surface area contributed by atoms with Crippen LogP contribution in [0.25, 0.3) is 10.2 Å². The molecule has 0 aliphatic rings. The Morgan fingerprint density at radius 1 is 0.939 bits per heavy atom. The molecule has 0 unspecified atom stereocenters. The number of thiazole rings is 1. The van der Waals surface area contributed by atoms with E-state index in [1.807, 2.05) is 85.7 Å². The number of aromatic nitrogens is 1.